The fourth-order valence-corrected chi connectivity index (χ4v) is 3.97. The number of rotatable bonds is 5. The van der Waals surface area contributed by atoms with Crippen LogP contribution in [0, 0.1) is 5.92 Å². The fourth-order valence-electron chi connectivity index (χ4n) is 3.97. The summed E-state index contributed by atoms with van der Waals surface area (Å²) in [6.07, 6.45) is 6.50. The van der Waals surface area contributed by atoms with Crippen molar-refractivity contribution in [2.75, 3.05) is 20.2 Å². The summed E-state index contributed by atoms with van der Waals surface area (Å²) in [4.78, 5) is 32.2. The lowest BCUT2D eigenvalue weighted by Crippen LogP contribution is -2.46. The van der Waals surface area contributed by atoms with Gasteiger partial charge in [-0.25, -0.2) is 0 Å². The number of oxime groups is 1. The zero-order chi connectivity index (χ0) is 16.7. The van der Waals surface area contributed by atoms with Gasteiger partial charge in [-0.1, -0.05) is 5.16 Å². The summed E-state index contributed by atoms with van der Waals surface area (Å²) in [5.41, 5.74) is 0.182. The summed E-state index contributed by atoms with van der Waals surface area (Å²) in [7, 11) is 1.68. The van der Waals surface area contributed by atoms with Gasteiger partial charge in [-0.15, -0.1) is 0 Å². The molecule has 0 spiro atoms. The smallest absolute Gasteiger partial charge is 0.269 e. The first-order valence-corrected chi connectivity index (χ1v) is 8.98. The van der Waals surface area contributed by atoms with Gasteiger partial charge in [0.25, 0.3) is 5.91 Å². The number of ether oxygens (including phenoxy) is 1. The number of amides is 2. The van der Waals surface area contributed by atoms with Crippen molar-refractivity contribution in [3.8, 4) is 0 Å². The van der Waals surface area contributed by atoms with Crippen molar-refractivity contribution in [1.82, 2.24) is 10.2 Å². The number of nitrogens with one attached hydrogen (secondary N) is 1. The molecule has 2 aliphatic carbocycles. The largest absolute Gasteiger partial charge is 0.389 e. The second-order valence-corrected chi connectivity index (χ2v) is 7.54. The van der Waals surface area contributed by atoms with Gasteiger partial charge in [0, 0.05) is 19.7 Å². The highest BCUT2D eigenvalue weighted by Crippen LogP contribution is 2.39. The van der Waals surface area contributed by atoms with E-state index in [9.17, 15) is 9.59 Å². The van der Waals surface area contributed by atoms with E-state index in [2.05, 4.69) is 10.5 Å². The Morgan fingerprint density at radius 1 is 1.33 bits per heavy atom. The van der Waals surface area contributed by atoms with Gasteiger partial charge in [0.1, 0.15) is 0 Å². The average molecular weight is 335 g/mol. The van der Waals surface area contributed by atoms with E-state index in [1.807, 2.05) is 0 Å². The second-order valence-electron chi connectivity index (χ2n) is 7.54. The predicted molar refractivity (Wildman–Crippen MR) is 86.4 cm³/mol. The highest BCUT2D eigenvalue weighted by molar-refractivity contribution is 6.40. The molecule has 0 aromatic rings. The number of fused-ring (bicyclic) bond motifs is 1. The van der Waals surface area contributed by atoms with E-state index in [1.54, 1.807) is 12.0 Å². The molecular formula is C17H25N3O4. The number of methoxy groups -OCH3 is 1. The van der Waals surface area contributed by atoms with E-state index >= 15 is 0 Å². The van der Waals surface area contributed by atoms with Crippen LogP contribution in [0.5, 0.6) is 0 Å². The van der Waals surface area contributed by atoms with Gasteiger partial charge >= 0.3 is 0 Å². The van der Waals surface area contributed by atoms with Crippen molar-refractivity contribution in [3.63, 3.8) is 0 Å². The van der Waals surface area contributed by atoms with Crippen LogP contribution in [0.15, 0.2) is 5.16 Å². The summed E-state index contributed by atoms with van der Waals surface area (Å²) in [5, 5.41) is 6.99. The molecule has 0 unspecified atom stereocenters. The van der Waals surface area contributed by atoms with Crippen molar-refractivity contribution < 1.29 is 19.2 Å². The molecule has 0 bridgehead atoms. The number of carbonyl (C=O) groups excluding carboxylic acids is 2. The van der Waals surface area contributed by atoms with Gasteiger partial charge in [-0.2, -0.15) is 0 Å². The molecule has 0 aromatic heterocycles. The summed E-state index contributed by atoms with van der Waals surface area (Å²) >= 11 is 0. The fraction of sp³-hybridized carbons (Fsp3) is 0.824. The Morgan fingerprint density at radius 2 is 2.12 bits per heavy atom. The Balaban J connectivity index is 1.34. The molecule has 7 nitrogen and oxygen atoms in total. The molecule has 24 heavy (non-hydrogen) atoms. The lowest BCUT2D eigenvalue weighted by molar-refractivity contribution is -0.143. The minimum atomic E-state index is -0.270. The molecular weight excluding hydrogens is 310 g/mol. The molecule has 2 heterocycles. The molecule has 132 valence electrons. The highest BCUT2D eigenvalue weighted by atomic mass is 16.6. The van der Waals surface area contributed by atoms with Crippen LogP contribution >= 0.6 is 0 Å². The monoisotopic (exact) mass is 335 g/mol. The maximum absolute atomic E-state index is 12.6. The number of carbonyl (C=O) groups is 2. The Hall–Kier alpha value is -1.63. The molecule has 0 aromatic carbocycles. The Morgan fingerprint density at radius 3 is 2.71 bits per heavy atom. The molecule has 1 saturated heterocycles. The standard InChI is InChI=1S/C17H25N3O4/c1-23-17(6-3-7-17)8-14(21)20-9-12-13(10-20)24-19-15(12)16(22)18-11-4-2-5-11/h11-13H,2-10H2,1H3,(H,18,22)/t12-,13+/m0/s1. The van der Waals surface area contributed by atoms with Gasteiger partial charge in [0.2, 0.25) is 5.91 Å². The molecule has 2 atom stereocenters. The summed E-state index contributed by atoms with van der Waals surface area (Å²) < 4.78 is 5.55. The van der Waals surface area contributed by atoms with Gasteiger partial charge in [-0.3, -0.25) is 9.59 Å². The SMILES string of the molecule is COC1(CC(=O)N2C[C@@H]3C(C(=O)NC4CCC4)=NO[C@@H]3C2)CCC1. The first kappa shape index (κ1) is 15.9. The third-order valence-corrected chi connectivity index (χ3v) is 6.10. The Labute approximate surface area is 141 Å². The van der Waals surface area contributed by atoms with Crippen molar-refractivity contribution in [3.05, 3.63) is 0 Å². The van der Waals surface area contributed by atoms with E-state index in [4.69, 9.17) is 9.57 Å². The number of likely N-dealkylation sites (tertiary alicyclic amines) is 1. The molecule has 0 radical (unpaired) electrons. The average Bonchev–Trinajstić information content (AvgIpc) is 3.06. The lowest BCUT2D eigenvalue weighted by Gasteiger charge is -2.40. The van der Waals surface area contributed by atoms with Crippen LogP contribution in [0.3, 0.4) is 0 Å². The maximum Gasteiger partial charge on any atom is 0.269 e. The van der Waals surface area contributed by atoms with E-state index in [1.165, 1.54) is 6.42 Å². The van der Waals surface area contributed by atoms with Crippen LogP contribution in [0.1, 0.15) is 44.9 Å². The first-order chi connectivity index (χ1) is 11.6. The number of hydrogen-bond donors (Lipinski definition) is 1. The first-order valence-electron chi connectivity index (χ1n) is 8.98. The summed E-state index contributed by atoms with van der Waals surface area (Å²) in [5.74, 6) is -0.143. The van der Waals surface area contributed by atoms with Gasteiger partial charge in [-0.05, 0) is 38.5 Å². The Bertz CT molecular complexity index is 563. The zero-order valence-corrected chi connectivity index (χ0v) is 14.1. The second kappa shape index (κ2) is 6.02. The van der Waals surface area contributed by atoms with Gasteiger partial charge in [0.05, 0.1) is 24.5 Å². The van der Waals surface area contributed by atoms with Crippen LogP contribution in [0.4, 0.5) is 0 Å². The normalized spacial score (nSPS) is 30.7. The molecule has 2 amide bonds. The van der Waals surface area contributed by atoms with Crippen LogP contribution in [-0.4, -0.2) is 60.4 Å². The topological polar surface area (TPSA) is 80.2 Å². The number of hydrogen-bond acceptors (Lipinski definition) is 5. The predicted octanol–water partition coefficient (Wildman–Crippen LogP) is 0.828. The van der Waals surface area contributed by atoms with Crippen LogP contribution < -0.4 is 5.32 Å². The molecule has 7 heteroatoms. The van der Waals surface area contributed by atoms with E-state index < -0.39 is 0 Å². The third kappa shape index (κ3) is 2.68. The molecule has 4 rings (SSSR count). The molecule has 3 fully saturated rings. The summed E-state index contributed by atoms with van der Waals surface area (Å²) in [6, 6.07) is 0.276. The Kier molecular flexibility index (Phi) is 3.98. The summed E-state index contributed by atoms with van der Waals surface area (Å²) in [6.45, 7) is 1.02. The lowest BCUT2D eigenvalue weighted by atomic mass is 9.77. The quantitative estimate of drug-likeness (QED) is 0.807. The molecule has 1 N–H and O–H groups in total. The molecule has 2 aliphatic heterocycles. The van der Waals surface area contributed by atoms with Crippen LogP contribution in [0.25, 0.3) is 0 Å². The van der Waals surface area contributed by atoms with Crippen LogP contribution in [0.2, 0.25) is 0 Å². The number of nitrogens with zero attached hydrogens (tertiary/aromatic N) is 2. The minimum Gasteiger partial charge on any atom is -0.389 e. The maximum atomic E-state index is 12.6. The van der Waals surface area contributed by atoms with Gasteiger partial charge in [0.15, 0.2) is 11.8 Å². The van der Waals surface area contributed by atoms with Crippen molar-refractivity contribution in [2.45, 2.75) is 62.7 Å². The van der Waals surface area contributed by atoms with Crippen molar-refractivity contribution in [2.24, 2.45) is 11.1 Å². The molecule has 4 aliphatic rings. The van der Waals surface area contributed by atoms with Crippen molar-refractivity contribution in [1.29, 1.82) is 0 Å². The highest BCUT2D eigenvalue weighted by Gasteiger charge is 2.48. The van der Waals surface area contributed by atoms with Gasteiger partial charge < -0.3 is 19.8 Å². The van der Waals surface area contributed by atoms with E-state index in [-0.39, 0.29) is 35.5 Å². The zero-order valence-electron chi connectivity index (χ0n) is 14.1. The van der Waals surface area contributed by atoms with E-state index in [0.717, 1.165) is 32.1 Å². The van der Waals surface area contributed by atoms with E-state index in [0.29, 0.717) is 25.2 Å². The molecule has 2 saturated carbocycles. The van der Waals surface area contributed by atoms with Crippen LogP contribution in [-0.2, 0) is 19.2 Å². The minimum absolute atomic E-state index is 0.0910. The van der Waals surface area contributed by atoms with Crippen molar-refractivity contribution >= 4 is 17.5 Å². The third-order valence-electron chi connectivity index (χ3n) is 6.10.